The third-order valence-electron chi connectivity index (χ3n) is 13.6. The summed E-state index contributed by atoms with van der Waals surface area (Å²) in [5.74, 6) is 4.71. The van der Waals surface area contributed by atoms with Gasteiger partial charge < -0.3 is 9.13 Å². The zero-order valence-electron chi connectivity index (χ0n) is 41.4. The summed E-state index contributed by atoms with van der Waals surface area (Å²) in [5, 5.41) is 3.61. The SMILES string of the molecule is Cc1nc(C)nc(-c2ccc3c(c2)c2ccccc2n3-c2ccc(-c3nc(-c4ccccc4)nc(-c4ccccc4)n3)cc2-c2cc(C(F)(F)F)ccc2-n2c3ccccc3c3cc(-c4nc(C)nc(C)n4)ccc32)n1. The van der Waals surface area contributed by atoms with Crippen molar-refractivity contribution < 1.29 is 13.2 Å². The van der Waals surface area contributed by atoms with E-state index in [1.54, 1.807) is 6.07 Å². The van der Waals surface area contributed by atoms with E-state index in [2.05, 4.69) is 46.6 Å². The highest BCUT2D eigenvalue weighted by Crippen LogP contribution is 2.45. The summed E-state index contributed by atoms with van der Waals surface area (Å²) < 4.78 is 50.5. The maximum absolute atomic E-state index is 15.4. The van der Waals surface area contributed by atoms with Gasteiger partial charge in [-0.1, -0.05) is 97.1 Å². The molecule has 0 spiro atoms. The number of halogens is 3. The highest BCUT2D eigenvalue weighted by Gasteiger charge is 2.33. The third kappa shape index (κ3) is 8.07. The van der Waals surface area contributed by atoms with E-state index in [4.69, 9.17) is 15.0 Å². The quantitative estimate of drug-likeness (QED) is 0.146. The molecule has 13 rings (SSSR count). The van der Waals surface area contributed by atoms with Crippen LogP contribution < -0.4 is 0 Å². The van der Waals surface area contributed by atoms with Crippen LogP contribution in [0.25, 0.3) is 123 Å². The lowest BCUT2D eigenvalue weighted by atomic mass is 9.96. The van der Waals surface area contributed by atoms with Crippen LogP contribution in [0.3, 0.4) is 0 Å². The maximum Gasteiger partial charge on any atom is 0.416 e. The van der Waals surface area contributed by atoms with E-state index >= 15 is 13.2 Å². The number of rotatable bonds is 8. The van der Waals surface area contributed by atoms with E-state index in [1.165, 1.54) is 6.07 Å². The molecule has 0 saturated carbocycles. The van der Waals surface area contributed by atoms with Gasteiger partial charge in [0.05, 0.1) is 39.0 Å². The van der Waals surface area contributed by atoms with Crippen LogP contribution in [0, 0.1) is 27.7 Å². The van der Waals surface area contributed by atoms with Crippen molar-refractivity contribution in [1.29, 1.82) is 0 Å². The summed E-state index contributed by atoms with van der Waals surface area (Å²) in [6.07, 6.45) is -4.69. The monoisotopic (exact) mass is 997 g/mol. The van der Waals surface area contributed by atoms with Gasteiger partial charge in [0.1, 0.15) is 23.3 Å². The van der Waals surface area contributed by atoms with E-state index in [0.29, 0.717) is 80.5 Å². The fourth-order valence-corrected chi connectivity index (χ4v) is 10.4. The lowest BCUT2D eigenvalue weighted by Gasteiger charge is -2.21. The molecule has 13 aromatic rings. The minimum Gasteiger partial charge on any atom is -0.309 e. The van der Waals surface area contributed by atoms with Crippen LogP contribution in [0.5, 0.6) is 0 Å². The zero-order chi connectivity index (χ0) is 51.8. The Balaban J connectivity index is 1.12. The van der Waals surface area contributed by atoms with E-state index in [1.807, 2.05) is 184 Å². The normalized spacial score (nSPS) is 11.9. The average molecular weight is 998 g/mol. The number of fused-ring (bicyclic) bond motifs is 6. The predicted molar refractivity (Wildman–Crippen MR) is 292 cm³/mol. The van der Waals surface area contributed by atoms with E-state index in [-0.39, 0.29) is 0 Å². The van der Waals surface area contributed by atoms with Crippen LogP contribution in [-0.2, 0) is 6.18 Å². The maximum atomic E-state index is 15.4. The lowest BCUT2D eigenvalue weighted by molar-refractivity contribution is -0.137. The molecule has 0 radical (unpaired) electrons. The number of aromatic nitrogens is 11. The molecule has 11 nitrogen and oxygen atoms in total. The van der Waals surface area contributed by atoms with Crippen molar-refractivity contribution in [1.82, 2.24) is 54.0 Å². The summed E-state index contributed by atoms with van der Waals surface area (Å²) in [7, 11) is 0. The first kappa shape index (κ1) is 46.0. The van der Waals surface area contributed by atoms with Crippen molar-refractivity contribution in [2.24, 2.45) is 0 Å². The van der Waals surface area contributed by atoms with E-state index < -0.39 is 11.7 Å². The molecule has 0 saturated heterocycles. The van der Waals surface area contributed by atoms with Crippen LogP contribution in [0.1, 0.15) is 28.9 Å². The number of hydrogen-bond acceptors (Lipinski definition) is 9. The van der Waals surface area contributed by atoms with Gasteiger partial charge in [-0.3, -0.25) is 0 Å². The number of aryl methyl sites for hydroxylation is 4. The van der Waals surface area contributed by atoms with E-state index in [9.17, 15) is 0 Å². The molecular weight excluding hydrogens is 956 g/mol. The minimum atomic E-state index is -4.69. The van der Waals surface area contributed by atoms with Crippen molar-refractivity contribution in [3.05, 3.63) is 211 Å². The molecule has 0 aliphatic heterocycles. The first-order valence-electron chi connectivity index (χ1n) is 24.6. The Hall–Kier alpha value is -9.82. The summed E-state index contributed by atoms with van der Waals surface area (Å²) in [4.78, 5) is 42.6. The number of benzene rings is 8. The molecule has 0 amide bonds. The van der Waals surface area contributed by atoms with Crippen LogP contribution in [0.2, 0.25) is 0 Å². The minimum absolute atomic E-state index is 0.321. The van der Waals surface area contributed by atoms with Gasteiger partial charge in [-0.05, 0) is 113 Å². The second kappa shape index (κ2) is 18.0. The van der Waals surface area contributed by atoms with Crippen LogP contribution >= 0.6 is 0 Å². The second-order valence-corrected chi connectivity index (χ2v) is 18.7. The topological polar surface area (TPSA) is 126 Å². The Labute approximate surface area is 433 Å². The van der Waals surface area contributed by atoms with Gasteiger partial charge in [-0.2, -0.15) is 13.2 Å². The van der Waals surface area contributed by atoms with Crippen molar-refractivity contribution in [3.8, 4) is 79.4 Å². The molecule has 0 aliphatic carbocycles. The van der Waals surface area contributed by atoms with E-state index in [0.717, 1.165) is 71.9 Å². The van der Waals surface area contributed by atoms with Crippen molar-refractivity contribution in [2.75, 3.05) is 0 Å². The standard InChI is InChI=1S/C62H42F3N11/c1-35-66-36(2)69-59(68-35)41-23-27-53-47(31-41)45-19-11-13-21-51(45)75(53)55-29-25-43(61-73-57(39-15-7-5-8-16-39)72-58(74-61)40-17-9-6-10-18-40)33-49(55)50-34-44(62(63,64)65)26-30-56(50)76-52-22-14-12-20-46(52)48-32-42(24-28-54(48)76)60-70-37(3)67-38(4)71-60/h5-34H,1-4H3. The van der Waals surface area contributed by atoms with Crippen molar-refractivity contribution >= 4 is 43.6 Å². The predicted octanol–water partition coefficient (Wildman–Crippen LogP) is 14.7. The average Bonchev–Trinajstić information content (AvgIpc) is 3.94. The molecule has 76 heavy (non-hydrogen) atoms. The Kier molecular flexibility index (Phi) is 10.9. The fraction of sp³-hybridized carbons (Fsp3) is 0.0806. The molecule has 5 heterocycles. The first-order valence-corrected chi connectivity index (χ1v) is 24.6. The highest BCUT2D eigenvalue weighted by atomic mass is 19.4. The third-order valence-corrected chi connectivity index (χ3v) is 13.6. The Morgan fingerprint density at radius 2 is 0.658 bits per heavy atom. The van der Waals surface area contributed by atoms with Crippen molar-refractivity contribution in [3.63, 3.8) is 0 Å². The first-order chi connectivity index (χ1) is 36.9. The molecule has 0 aliphatic rings. The molecule has 0 bridgehead atoms. The fourth-order valence-electron chi connectivity index (χ4n) is 10.4. The second-order valence-electron chi connectivity index (χ2n) is 18.7. The van der Waals surface area contributed by atoms with Crippen LogP contribution in [0.15, 0.2) is 182 Å². The van der Waals surface area contributed by atoms with Gasteiger partial charge in [0.15, 0.2) is 29.1 Å². The zero-order valence-corrected chi connectivity index (χ0v) is 41.4. The molecule has 0 atom stereocenters. The van der Waals surface area contributed by atoms with Crippen LogP contribution in [-0.4, -0.2) is 54.0 Å². The van der Waals surface area contributed by atoms with Gasteiger partial charge in [0.2, 0.25) is 0 Å². The highest BCUT2D eigenvalue weighted by molar-refractivity contribution is 6.12. The smallest absolute Gasteiger partial charge is 0.309 e. The molecule has 366 valence electrons. The Morgan fingerprint density at radius 3 is 1.12 bits per heavy atom. The molecule has 8 aromatic carbocycles. The van der Waals surface area contributed by atoms with Gasteiger partial charge in [-0.25, -0.2) is 44.9 Å². The Morgan fingerprint density at radius 1 is 0.303 bits per heavy atom. The van der Waals surface area contributed by atoms with Crippen molar-refractivity contribution in [2.45, 2.75) is 33.9 Å². The summed E-state index contributed by atoms with van der Waals surface area (Å²) >= 11 is 0. The summed E-state index contributed by atoms with van der Waals surface area (Å²) in [5.41, 5.74) is 8.09. The number of alkyl halides is 3. The number of nitrogens with zero attached hydrogens (tertiary/aromatic N) is 11. The molecule has 0 fully saturated rings. The molecule has 5 aromatic heterocycles. The van der Waals surface area contributed by atoms with Gasteiger partial charge in [0, 0.05) is 60.5 Å². The Bertz CT molecular complexity index is 4360. The molecular formula is C62H42F3N11. The number of para-hydroxylation sites is 2. The summed E-state index contributed by atoms with van der Waals surface area (Å²) in [6.45, 7) is 7.35. The largest absolute Gasteiger partial charge is 0.416 e. The number of hydrogen-bond donors (Lipinski definition) is 0. The molecule has 0 unspecified atom stereocenters. The molecule has 14 heteroatoms. The van der Waals surface area contributed by atoms with Crippen LogP contribution in [0.4, 0.5) is 13.2 Å². The summed E-state index contributed by atoms with van der Waals surface area (Å²) in [6, 6.07) is 57.1. The lowest BCUT2D eigenvalue weighted by Crippen LogP contribution is -2.08. The van der Waals surface area contributed by atoms with Gasteiger partial charge in [-0.15, -0.1) is 0 Å². The van der Waals surface area contributed by atoms with Gasteiger partial charge in [0.25, 0.3) is 0 Å². The molecule has 0 N–H and O–H groups in total. The van der Waals surface area contributed by atoms with Gasteiger partial charge >= 0.3 is 6.18 Å².